The third-order valence-electron chi connectivity index (χ3n) is 3.36. The van der Waals surface area contributed by atoms with Gasteiger partial charge in [-0.1, -0.05) is 0 Å². The van der Waals surface area contributed by atoms with E-state index >= 15 is 0 Å². The molecule has 2 heterocycles. The van der Waals surface area contributed by atoms with Crippen LogP contribution in [0.2, 0.25) is 0 Å². The zero-order valence-electron chi connectivity index (χ0n) is 10.8. The number of ether oxygens (including phenoxy) is 1. The molecule has 0 saturated carbocycles. The van der Waals surface area contributed by atoms with Gasteiger partial charge in [-0.15, -0.1) is 0 Å². The normalized spacial score (nSPS) is 29.8. The Kier molecular flexibility index (Phi) is 3.72. The number of aliphatic hydroxyl groups excluding tert-OH is 2. The molecule has 0 bridgehead atoms. The Hall–Kier alpha value is -1.65. The molecule has 0 aromatic carbocycles. The van der Waals surface area contributed by atoms with E-state index in [2.05, 4.69) is 0 Å². The summed E-state index contributed by atoms with van der Waals surface area (Å²) < 4.78 is 44.0. The van der Waals surface area contributed by atoms with Gasteiger partial charge in [-0.25, -0.2) is 4.79 Å². The molecule has 118 valence electrons. The zero-order valence-corrected chi connectivity index (χ0v) is 10.8. The number of nitrogens with one attached hydrogen (secondary N) is 1. The van der Waals surface area contributed by atoms with Gasteiger partial charge in [0.2, 0.25) is 0 Å². The number of aromatic amines is 1. The van der Waals surface area contributed by atoms with Crippen molar-refractivity contribution < 1.29 is 28.1 Å². The van der Waals surface area contributed by atoms with Crippen LogP contribution in [-0.4, -0.2) is 38.6 Å². The minimum atomic E-state index is -4.94. The maximum Gasteiger partial charge on any atom is 0.423 e. The zero-order chi connectivity index (χ0) is 16.0. The third kappa shape index (κ3) is 2.74. The monoisotopic (exact) mass is 310 g/mol. The molecule has 7 nitrogen and oxygen atoms in total. The van der Waals surface area contributed by atoms with E-state index in [1.165, 1.54) is 6.92 Å². The van der Waals surface area contributed by atoms with E-state index in [1.54, 1.807) is 4.98 Å². The van der Waals surface area contributed by atoms with E-state index in [1.807, 2.05) is 0 Å². The number of hydrogen-bond acceptors (Lipinski definition) is 5. The molecule has 1 aliphatic heterocycles. The number of aliphatic hydroxyl groups is 2. The predicted molar refractivity (Wildman–Crippen MR) is 62.6 cm³/mol. The molecule has 0 amide bonds. The number of rotatable bonds is 2. The second-order valence-corrected chi connectivity index (χ2v) is 4.96. The van der Waals surface area contributed by atoms with E-state index in [9.17, 15) is 27.9 Å². The van der Waals surface area contributed by atoms with Gasteiger partial charge in [0.05, 0.1) is 12.7 Å². The summed E-state index contributed by atoms with van der Waals surface area (Å²) in [5.74, 6) is 0. The van der Waals surface area contributed by atoms with Gasteiger partial charge in [0.15, 0.2) is 0 Å². The topological polar surface area (TPSA) is 105 Å². The Bertz CT molecular complexity index is 652. The number of H-pyrrole nitrogens is 1. The summed E-state index contributed by atoms with van der Waals surface area (Å²) in [5.41, 5.74) is -5.80. The number of alkyl halides is 3. The summed E-state index contributed by atoms with van der Waals surface area (Å²) in [6.45, 7) is 0.729. The Morgan fingerprint density at radius 2 is 2.14 bits per heavy atom. The molecular weight excluding hydrogens is 297 g/mol. The average molecular weight is 310 g/mol. The molecule has 3 N–H and O–H groups in total. The van der Waals surface area contributed by atoms with Crippen LogP contribution in [0.25, 0.3) is 0 Å². The molecule has 0 radical (unpaired) electrons. The van der Waals surface area contributed by atoms with Crippen LogP contribution in [0.5, 0.6) is 0 Å². The van der Waals surface area contributed by atoms with Crippen molar-refractivity contribution in [1.82, 2.24) is 9.55 Å². The first-order valence-electron chi connectivity index (χ1n) is 5.99. The molecule has 1 aliphatic rings. The van der Waals surface area contributed by atoms with Crippen LogP contribution >= 0.6 is 0 Å². The first-order valence-corrected chi connectivity index (χ1v) is 5.99. The SMILES string of the molecule is C[C@]1(n2cc(C(F)(F)F)c(=O)[nH]c2=O)C[C@H](O)[C@@H](CO)O1. The Balaban J connectivity index is 2.55. The van der Waals surface area contributed by atoms with Gasteiger partial charge in [-0.3, -0.25) is 14.3 Å². The molecule has 0 unspecified atom stereocenters. The fraction of sp³-hybridized carbons (Fsp3) is 0.636. The summed E-state index contributed by atoms with van der Waals surface area (Å²) in [6, 6.07) is 0. The summed E-state index contributed by atoms with van der Waals surface area (Å²) in [4.78, 5) is 24.5. The third-order valence-corrected chi connectivity index (χ3v) is 3.36. The smallest absolute Gasteiger partial charge is 0.394 e. The summed E-state index contributed by atoms with van der Waals surface area (Å²) in [7, 11) is 0. The van der Waals surface area contributed by atoms with Crippen molar-refractivity contribution in [2.45, 2.75) is 37.5 Å². The molecule has 3 atom stereocenters. The molecule has 1 aromatic heterocycles. The Morgan fingerprint density at radius 3 is 2.62 bits per heavy atom. The molecule has 1 saturated heterocycles. The summed E-state index contributed by atoms with van der Waals surface area (Å²) in [6.07, 6.45) is -6.96. The second-order valence-electron chi connectivity index (χ2n) is 4.96. The Labute approximate surface area is 115 Å². The van der Waals surface area contributed by atoms with Crippen molar-refractivity contribution >= 4 is 0 Å². The highest BCUT2D eigenvalue weighted by atomic mass is 19.4. The van der Waals surface area contributed by atoms with E-state index in [4.69, 9.17) is 9.84 Å². The molecule has 2 rings (SSSR count). The first-order chi connectivity index (χ1) is 9.58. The highest BCUT2D eigenvalue weighted by molar-refractivity contribution is 5.10. The minimum absolute atomic E-state index is 0.207. The number of hydrogen-bond donors (Lipinski definition) is 3. The highest BCUT2D eigenvalue weighted by Crippen LogP contribution is 2.34. The highest BCUT2D eigenvalue weighted by Gasteiger charge is 2.45. The van der Waals surface area contributed by atoms with Gasteiger partial charge in [0, 0.05) is 12.6 Å². The van der Waals surface area contributed by atoms with Crippen molar-refractivity contribution in [3.63, 3.8) is 0 Å². The van der Waals surface area contributed by atoms with E-state index in [0.29, 0.717) is 10.8 Å². The quantitative estimate of drug-likeness (QED) is 0.675. The lowest BCUT2D eigenvalue weighted by Gasteiger charge is -2.27. The largest absolute Gasteiger partial charge is 0.423 e. The molecule has 1 aromatic rings. The maximum atomic E-state index is 12.7. The van der Waals surface area contributed by atoms with Gasteiger partial charge < -0.3 is 14.9 Å². The standard InChI is InChI=1S/C11H13F3N2O5/c1-10(2-6(18)7(4-17)21-10)16-3-5(11(12,13)14)8(19)15-9(16)20/h3,6-7,17-18H,2,4H2,1H3,(H,15,19,20)/t6-,7+,10+/m0/s1. The van der Waals surface area contributed by atoms with Crippen molar-refractivity contribution in [1.29, 1.82) is 0 Å². The number of halogens is 3. The molecule has 0 spiro atoms. The van der Waals surface area contributed by atoms with Crippen molar-refractivity contribution in [2.75, 3.05) is 6.61 Å². The number of nitrogens with zero attached hydrogens (tertiary/aromatic N) is 1. The van der Waals surface area contributed by atoms with Crippen molar-refractivity contribution in [3.05, 3.63) is 32.6 Å². The lowest BCUT2D eigenvalue weighted by molar-refractivity contribution is -0.141. The van der Waals surface area contributed by atoms with Gasteiger partial charge in [0.25, 0.3) is 5.56 Å². The molecule has 0 aliphatic carbocycles. The summed E-state index contributed by atoms with van der Waals surface area (Å²) in [5, 5.41) is 18.7. The molecule has 21 heavy (non-hydrogen) atoms. The number of aromatic nitrogens is 2. The van der Waals surface area contributed by atoms with E-state index in [0.717, 1.165) is 0 Å². The average Bonchev–Trinajstić information content (AvgIpc) is 2.63. The van der Waals surface area contributed by atoms with E-state index in [-0.39, 0.29) is 6.42 Å². The molecule has 10 heteroatoms. The fourth-order valence-corrected chi connectivity index (χ4v) is 2.31. The van der Waals surface area contributed by atoms with Gasteiger partial charge in [-0.05, 0) is 6.92 Å². The maximum absolute atomic E-state index is 12.7. The van der Waals surface area contributed by atoms with Crippen LogP contribution in [0, 0.1) is 0 Å². The lowest BCUT2D eigenvalue weighted by atomic mass is 10.1. The van der Waals surface area contributed by atoms with E-state index < -0.39 is 47.5 Å². The van der Waals surface area contributed by atoms with Crippen LogP contribution in [0.15, 0.2) is 15.8 Å². The van der Waals surface area contributed by atoms with Crippen LogP contribution < -0.4 is 11.2 Å². The Morgan fingerprint density at radius 1 is 1.52 bits per heavy atom. The van der Waals surface area contributed by atoms with Crippen LogP contribution in [0.1, 0.15) is 18.9 Å². The fourth-order valence-electron chi connectivity index (χ4n) is 2.31. The molecular formula is C11H13F3N2O5. The minimum Gasteiger partial charge on any atom is -0.394 e. The predicted octanol–water partition coefficient (Wildman–Crippen LogP) is -0.630. The van der Waals surface area contributed by atoms with Gasteiger partial charge in [0.1, 0.15) is 17.4 Å². The van der Waals surface area contributed by atoms with Crippen LogP contribution in [-0.2, 0) is 16.6 Å². The van der Waals surface area contributed by atoms with Gasteiger partial charge in [-0.2, -0.15) is 13.2 Å². The van der Waals surface area contributed by atoms with Crippen LogP contribution in [0.3, 0.4) is 0 Å². The van der Waals surface area contributed by atoms with Gasteiger partial charge >= 0.3 is 11.9 Å². The molecule has 1 fully saturated rings. The van der Waals surface area contributed by atoms with Crippen molar-refractivity contribution in [3.8, 4) is 0 Å². The lowest BCUT2D eigenvalue weighted by Crippen LogP contribution is -2.44. The first kappa shape index (κ1) is 15.7. The van der Waals surface area contributed by atoms with Crippen LogP contribution in [0.4, 0.5) is 13.2 Å². The summed E-state index contributed by atoms with van der Waals surface area (Å²) >= 11 is 0. The van der Waals surface area contributed by atoms with Crippen molar-refractivity contribution in [2.24, 2.45) is 0 Å². The second kappa shape index (κ2) is 4.97.